The fourth-order valence-corrected chi connectivity index (χ4v) is 4.71. The second-order valence-electron chi connectivity index (χ2n) is 9.41. The third kappa shape index (κ3) is 5.45. The Morgan fingerprint density at radius 2 is 1.89 bits per heavy atom. The van der Waals surface area contributed by atoms with E-state index in [4.69, 9.17) is 0 Å². The van der Waals surface area contributed by atoms with Crippen LogP contribution < -0.4 is 0 Å². The second-order valence-corrected chi connectivity index (χ2v) is 9.41. The highest BCUT2D eigenvalue weighted by Gasteiger charge is 2.47. The molecule has 1 spiro atoms. The zero-order valence-electron chi connectivity index (χ0n) is 17.5. The van der Waals surface area contributed by atoms with E-state index in [-0.39, 0.29) is 17.4 Å². The van der Waals surface area contributed by atoms with Gasteiger partial charge in [-0.15, -0.1) is 0 Å². The first-order valence-corrected chi connectivity index (χ1v) is 10.9. The van der Waals surface area contributed by atoms with E-state index in [1.54, 1.807) is 0 Å². The van der Waals surface area contributed by atoms with E-state index in [1.165, 1.54) is 11.1 Å². The quantitative estimate of drug-likeness (QED) is 0.720. The van der Waals surface area contributed by atoms with Crippen LogP contribution in [0, 0.1) is 11.3 Å². The van der Waals surface area contributed by atoms with Crippen molar-refractivity contribution in [3.63, 3.8) is 0 Å². The molecule has 3 rings (SSSR count). The molecule has 0 radical (unpaired) electrons. The maximum absolute atomic E-state index is 12.6. The molecule has 2 heterocycles. The monoisotopic (exact) mass is 374 g/mol. The zero-order valence-corrected chi connectivity index (χ0v) is 17.5. The van der Waals surface area contributed by atoms with Crippen LogP contribution in [0.15, 0.2) is 23.3 Å². The van der Waals surface area contributed by atoms with Gasteiger partial charge in [0, 0.05) is 44.1 Å². The standard InChI is InChI=1S/C23H38N2O2/c1-18(2)6-4-7-19(3)10-14-24-15-11-21(26)23(16-24)12-5-13-25(17-23)22(27)20-8-9-20/h6,10,20-21,26H,4-5,7-9,11-17H2,1-3H3/b19-10+/t21-,23-/m1/s1. The molecular weight excluding hydrogens is 336 g/mol. The summed E-state index contributed by atoms with van der Waals surface area (Å²) >= 11 is 0. The second kappa shape index (κ2) is 8.91. The Morgan fingerprint density at radius 1 is 1.11 bits per heavy atom. The van der Waals surface area contributed by atoms with Crippen molar-refractivity contribution in [3.8, 4) is 0 Å². The molecule has 0 aromatic heterocycles. The van der Waals surface area contributed by atoms with Crippen molar-refractivity contribution in [2.24, 2.45) is 11.3 Å². The van der Waals surface area contributed by atoms with Gasteiger partial charge in [-0.3, -0.25) is 9.69 Å². The van der Waals surface area contributed by atoms with Gasteiger partial charge in [0.1, 0.15) is 0 Å². The lowest BCUT2D eigenvalue weighted by atomic mass is 9.71. The van der Waals surface area contributed by atoms with Crippen molar-refractivity contribution in [2.45, 2.75) is 71.8 Å². The molecule has 2 atom stereocenters. The van der Waals surface area contributed by atoms with Gasteiger partial charge in [0.2, 0.25) is 5.91 Å². The van der Waals surface area contributed by atoms with Gasteiger partial charge in [0.05, 0.1) is 6.10 Å². The number of carbonyl (C=O) groups is 1. The van der Waals surface area contributed by atoms with Crippen LogP contribution in [0.3, 0.4) is 0 Å². The van der Waals surface area contributed by atoms with Crippen molar-refractivity contribution < 1.29 is 9.90 Å². The van der Waals surface area contributed by atoms with Gasteiger partial charge in [-0.25, -0.2) is 0 Å². The molecule has 1 amide bonds. The minimum absolute atomic E-state index is 0.120. The maximum Gasteiger partial charge on any atom is 0.225 e. The largest absolute Gasteiger partial charge is 0.392 e. The van der Waals surface area contributed by atoms with Crippen LogP contribution in [0.5, 0.6) is 0 Å². The van der Waals surface area contributed by atoms with Gasteiger partial charge in [-0.2, -0.15) is 0 Å². The third-order valence-electron chi connectivity index (χ3n) is 6.60. The number of amides is 1. The molecule has 4 nitrogen and oxygen atoms in total. The summed E-state index contributed by atoms with van der Waals surface area (Å²) in [5.41, 5.74) is 2.71. The predicted molar refractivity (Wildman–Crippen MR) is 110 cm³/mol. The number of carbonyl (C=O) groups excluding carboxylic acids is 1. The molecule has 0 bridgehead atoms. The SMILES string of the molecule is CC(C)=CCC/C(C)=C/CN1CC[C@@H](O)[C@]2(CCCN(C(=O)C3CC3)C2)C1. The molecule has 4 heteroatoms. The predicted octanol–water partition coefficient (Wildman–Crippen LogP) is 3.76. The van der Waals surface area contributed by atoms with Crippen LogP contribution in [0.4, 0.5) is 0 Å². The average molecular weight is 375 g/mol. The number of hydrogen-bond donors (Lipinski definition) is 1. The molecule has 3 aliphatic rings. The maximum atomic E-state index is 12.6. The molecule has 2 saturated heterocycles. The summed E-state index contributed by atoms with van der Waals surface area (Å²) in [7, 11) is 0. The first kappa shape index (κ1) is 20.6. The normalized spacial score (nSPS) is 29.9. The van der Waals surface area contributed by atoms with Gasteiger partial charge >= 0.3 is 0 Å². The van der Waals surface area contributed by atoms with E-state index in [9.17, 15) is 9.90 Å². The van der Waals surface area contributed by atoms with Crippen molar-refractivity contribution in [2.75, 3.05) is 32.7 Å². The first-order chi connectivity index (χ1) is 12.9. The van der Waals surface area contributed by atoms with E-state index >= 15 is 0 Å². The number of nitrogens with zero attached hydrogens (tertiary/aromatic N) is 2. The summed E-state index contributed by atoms with van der Waals surface area (Å²) in [4.78, 5) is 17.1. The Balaban J connectivity index is 1.56. The smallest absolute Gasteiger partial charge is 0.225 e. The van der Waals surface area contributed by atoms with E-state index in [1.807, 2.05) is 0 Å². The summed E-state index contributed by atoms with van der Waals surface area (Å²) in [5, 5.41) is 10.8. The number of piperidine rings is 2. The molecule has 27 heavy (non-hydrogen) atoms. The van der Waals surface area contributed by atoms with Gasteiger partial charge < -0.3 is 10.0 Å². The summed E-state index contributed by atoms with van der Waals surface area (Å²) in [6.07, 6.45) is 11.7. The summed E-state index contributed by atoms with van der Waals surface area (Å²) in [6, 6.07) is 0. The van der Waals surface area contributed by atoms with E-state index in [0.29, 0.717) is 5.91 Å². The highest BCUT2D eigenvalue weighted by molar-refractivity contribution is 5.81. The third-order valence-corrected chi connectivity index (χ3v) is 6.60. The molecule has 1 saturated carbocycles. The highest BCUT2D eigenvalue weighted by atomic mass is 16.3. The molecule has 0 unspecified atom stereocenters. The molecule has 2 aliphatic heterocycles. The van der Waals surface area contributed by atoms with Crippen LogP contribution in [-0.4, -0.2) is 59.6 Å². The van der Waals surface area contributed by atoms with Crippen LogP contribution in [0.1, 0.15) is 65.7 Å². The molecule has 1 aliphatic carbocycles. The number of hydrogen-bond acceptors (Lipinski definition) is 3. The Kier molecular flexibility index (Phi) is 6.80. The number of allylic oxidation sites excluding steroid dienone is 3. The van der Waals surface area contributed by atoms with E-state index in [2.05, 4.69) is 42.7 Å². The number of aliphatic hydroxyl groups is 1. The number of aliphatic hydroxyl groups excluding tert-OH is 1. The van der Waals surface area contributed by atoms with Gasteiger partial charge in [0.15, 0.2) is 0 Å². The van der Waals surface area contributed by atoms with Gasteiger partial charge in [0.25, 0.3) is 0 Å². The lowest BCUT2D eigenvalue weighted by Gasteiger charge is -2.51. The van der Waals surface area contributed by atoms with Crippen LogP contribution >= 0.6 is 0 Å². The Bertz CT molecular complexity index is 589. The Morgan fingerprint density at radius 3 is 2.59 bits per heavy atom. The Hall–Kier alpha value is -1.13. The van der Waals surface area contributed by atoms with Crippen LogP contribution in [-0.2, 0) is 4.79 Å². The van der Waals surface area contributed by atoms with E-state index in [0.717, 1.165) is 77.7 Å². The van der Waals surface area contributed by atoms with Crippen LogP contribution in [0.25, 0.3) is 0 Å². The summed E-state index contributed by atoms with van der Waals surface area (Å²) in [6.45, 7) is 11.0. The molecule has 1 N–H and O–H groups in total. The lowest BCUT2D eigenvalue weighted by molar-refractivity contribution is -0.142. The van der Waals surface area contributed by atoms with Crippen molar-refractivity contribution in [1.29, 1.82) is 0 Å². The summed E-state index contributed by atoms with van der Waals surface area (Å²) in [5.74, 6) is 0.622. The lowest BCUT2D eigenvalue weighted by Crippen LogP contribution is -2.59. The first-order valence-electron chi connectivity index (χ1n) is 10.9. The number of rotatable bonds is 6. The van der Waals surface area contributed by atoms with Crippen molar-refractivity contribution >= 4 is 5.91 Å². The van der Waals surface area contributed by atoms with Crippen molar-refractivity contribution in [1.82, 2.24) is 9.80 Å². The highest BCUT2D eigenvalue weighted by Crippen LogP contribution is 2.41. The number of likely N-dealkylation sites (tertiary alicyclic amines) is 2. The topological polar surface area (TPSA) is 43.8 Å². The van der Waals surface area contributed by atoms with Crippen LogP contribution in [0.2, 0.25) is 0 Å². The van der Waals surface area contributed by atoms with Gasteiger partial charge in [-0.05, 0) is 65.7 Å². The minimum atomic E-state index is -0.272. The molecule has 0 aromatic carbocycles. The zero-order chi connectivity index (χ0) is 19.4. The fourth-order valence-electron chi connectivity index (χ4n) is 4.71. The van der Waals surface area contributed by atoms with E-state index < -0.39 is 0 Å². The minimum Gasteiger partial charge on any atom is -0.392 e. The summed E-state index contributed by atoms with van der Waals surface area (Å²) < 4.78 is 0. The Labute approximate surface area is 165 Å². The van der Waals surface area contributed by atoms with Gasteiger partial charge in [-0.1, -0.05) is 23.3 Å². The molecule has 3 fully saturated rings. The molecule has 0 aromatic rings. The average Bonchev–Trinajstić information content (AvgIpc) is 3.47. The van der Waals surface area contributed by atoms with Crippen molar-refractivity contribution in [3.05, 3.63) is 23.3 Å². The molecular formula is C23H38N2O2. The molecule has 152 valence electrons. The fraction of sp³-hybridized carbons (Fsp3) is 0.783.